The lowest BCUT2D eigenvalue weighted by molar-refractivity contribution is -0.126. The number of urea groups is 1. The first kappa shape index (κ1) is 23.0. The summed E-state index contributed by atoms with van der Waals surface area (Å²) in [5.41, 5.74) is 1.51. The first-order valence-corrected chi connectivity index (χ1v) is 12.3. The van der Waals surface area contributed by atoms with Crippen LogP contribution in [0.3, 0.4) is 0 Å². The number of rotatable bonds is 3. The second-order valence-corrected chi connectivity index (χ2v) is 9.23. The highest BCUT2D eigenvalue weighted by atomic mass is 16.5. The highest BCUT2D eigenvalue weighted by Gasteiger charge is 2.45. The molecule has 0 radical (unpaired) electrons. The van der Waals surface area contributed by atoms with Crippen molar-refractivity contribution in [3.63, 3.8) is 0 Å². The van der Waals surface area contributed by atoms with Crippen molar-refractivity contribution < 1.29 is 14.1 Å². The van der Waals surface area contributed by atoms with Gasteiger partial charge >= 0.3 is 6.03 Å². The second-order valence-electron chi connectivity index (χ2n) is 9.23. The normalized spacial score (nSPS) is 23.1. The number of pyridine rings is 1. The zero-order chi connectivity index (χ0) is 24.0. The van der Waals surface area contributed by atoms with Crippen LogP contribution in [0.2, 0.25) is 0 Å². The van der Waals surface area contributed by atoms with Crippen molar-refractivity contribution in [2.75, 3.05) is 18.4 Å². The Morgan fingerprint density at radius 2 is 1.91 bits per heavy atom. The molecule has 9 nitrogen and oxygen atoms in total. The van der Waals surface area contributed by atoms with Gasteiger partial charge in [-0.25, -0.2) is 4.79 Å². The van der Waals surface area contributed by atoms with Crippen LogP contribution in [0, 0.1) is 5.92 Å². The van der Waals surface area contributed by atoms with Gasteiger partial charge < -0.3 is 20.1 Å². The number of hydrogen-bond donors (Lipinski definition) is 2. The highest BCUT2D eigenvalue weighted by Crippen LogP contribution is 2.41. The third-order valence-electron chi connectivity index (χ3n) is 6.89. The minimum absolute atomic E-state index is 0.0103. The molecule has 2 fully saturated rings. The number of nitrogens with zero attached hydrogens (tertiary/aromatic N) is 4. The average molecular weight is 475 g/mol. The molecule has 5 rings (SSSR count). The Morgan fingerprint density at radius 1 is 1.06 bits per heavy atom. The Balaban J connectivity index is 1.40. The number of carbonyl (C=O) groups is 2. The van der Waals surface area contributed by atoms with E-state index in [1.165, 1.54) is 0 Å². The van der Waals surface area contributed by atoms with Gasteiger partial charge in [0.2, 0.25) is 17.6 Å². The van der Waals surface area contributed by atoms with Gasteiger partial charge in [0.15, 0.2) is 0 Å². The third kappa shape index (κ3) is 5.34. The fraction of sp³-hybridized carbons (Fsp3) is 0.423. The molecular formula is C26H30N6O3. The fourth-order valence-electron chi connectivity index (χ4n) is 5.09. The van der Waals surface area contributed by atoms with Crippen LogP contribution in [0.4, 0.5) is 10.5 Å². The van der Waals surface area contributed by atoms with Crippen molar-refractivity contribution in [2.24, 2.45) is 5.92 Å². The van der Waals surface area contributed by atoms with Crippen molar-refractivity contribution in [2.45, 2.75) is 50.5 Å². The first-order chi connectivity index (χ1) is 17.2. The van der Waals surface area contributed by atoms with E-state index in [0.29, 0.717) is 37.6 Å². The Morgan fingerprint density at radius 3 is 2.74 bits per heavy atom. The smallest absolute Gasteiger partial charge is 0.322 e. The molecule has 182 valence electrons. The maximum atomic E-state index is 13.4. The van der Waals surface area contributed by atoms with E-state index < -0.39 is 0 Å². The van der Waals surface area contributed by atoms with Gasteiger partial charge in [0, 0.05) is 48.7 Å². The lowest BCUT2D eigenvalue weighted by Gasteiger charge is -2.32. The van der Waals surface area contributed by atoms with Gasteiger partial charge in [0.05, 0.1) is 5.92 Å². The molecule has 3 amide bonds. The summed E-state index contributed by atoms with van der Waals surface area (Å²) < 4.78 is 5.63. The summed E-state index contributed by atoms with van der Waals surface area (Å²) >= 11 is 0. The molecule has 35 heavy (non-hydrogen) atoms. The molecule has 2 N–H and O–H groups in total. The summed E-state index contributed by atoms with van der Waals surface area (Å²) in [7, 11) is 0. The second kappa shape index (κ2) is 10.7. The van der Waals surface area contributed by atoms with Gasteiger partial charge in [-0.2, -0.15) is 4.98 Å². The Bertz CT molecular complexity index is 1140. The van der Waals surface area contributed by atoms with Gasteiger partial charge in [0.25, 0.3) is 0 Å². The molecule has 1 aliphatic carbocycles. The van der Waals surface area contributed by atoms with Crippen LogP contribution in [-0.2, 0) is 4.79 Å². The average Bonchev–Trinajstić information content (AvgIpc) is 3.54. The van der Waals surface area contributed by atoms with E-state index >= 15 is 0 Å². The van der Waals surface area contributed by atoms with Crippen LogP contribution in [0.1, 0.15) is 50.3 Å². The van der Waals surface area contributed by atoms with Crippen LogP contribution >= 0.6 is 0 Å². The number of fused-ring (bicyclic) bond motifs is 1. The highest BCUT2D eigenvalue weighted by molar-refractivity contribution is 5.90. The molecule has 3 atom stereocenters. The monoisotopic (exact) mass is 474 g/mol. The van der Waals surface area contributed by atoms with Crippen molar-refractivity contribution in [1.29, 1.82) is 0 Å². The molecule has 2 aromatic heterocycles. The van der Waals surface area contributed by atoms with Gasteiger partial charge in [-0.05, 0) is 49.9 Å². The number of nitrogens with one attached hydrogen (secondary N) is 2. The first-order valence-electron chi connectivity index (χ1n) is 12.3. The summed E-state index contributed by atoms with van der Waals surface area (Å²) in [5, 5.41) is 10.2. The molecule has 3 unspecified atom stereocenters. The Kier molecular flexibility index (Phi) is 7.02. The molecule has 1 aromatic carbocycles. The number of hydrogen-bond acceptors (Lipinski definition) is 6. The van der Waals surface area contributed by atoms with Crippen LogP contribution in [0.25, 0.3) is 11.4 Å². The quantitative estimate of drug-likeness (QED) is 0.588. The van der Waals surface area contributed by atoms with Crippen LogP contribution in [0.15, 0.2) is 59.4 Å². The minimum Gasteiger partial charge on any atom is -0.356 e. The van der Waals surface area contributed by atoms with Crippen LogP contribution in [-0.4, -0.2) is 51.1 Å². The summed E-state index contributed by atoms with van der Waals surface area (Å²) in [5.74, 6) is 0.520. The molecule has 9 heteroatoms. The predicted octanol–water partition coefficient (Wildman–Crippen LogP) is 4.22. The van der Waals surface area contributed by atoms with E-state index in [0.717, 1.165) is 36.9 Å². The minimum atomic E-state index is -0.339. The largest absolute Gasteiger partial charge is 0.356 e. The van der Waals surface area contributed by atoms with Crippen molar-refractivity contribution in [3.05, 3.63) is 60.7 Å². The number of carbonyl (C=O) groups excluding carboxylic acids is 2. The zero-order valence-electron chi connectivity index (χ0n) is 19.6. The van der Waals surface area contributed by atoms with Gasteiger partial charge in [0.1, 0.15) is 0 Å². The molecule has 0 bridgehead atoms. The van der Waals surface area contributed by atoms with E-state index in [4.69, 9.17) is 4.52 Å². The molecule has 3 heterocycles. The Hall–Kier alpha value is -3.75. The number of benzene rings is 1. The molecular weight excluding hydrogens is 444 g/mol. The summed E-state index contributed by atoms with van der Waals surface area (Å²) in [6.07, 6.45) is 8.43. The lowest BCUT2D eigenvalue weighted by atomic mass is 10.0. The molecule has 2 aliphatic rings. The number of amides is 3. The van der Waals surface area contributed by atoms with Crippen molar-refractivity contribution in [3.8, 4) is 11.4 Å². The van der Waals surface area contributed by atoms with Crippen molar-refractivity contribution >= 4 is 17.6 Å². The SMILES string of the molecule is O=C1NCCCCCCN(C(=O)Nc2ccccc2)C2CC(c3nc(-c4cccnc4)no3)CC12. The lowest BCUT2D eigenvalue weighted by Crippen LogP contribution is -2.48. The predicted molar refractivity (Wildman–Crippen MR) is 130 cm³/mol. The van der Waals surface area contributed by atoms with E-state index in [1.807, 2.05) is 47.4 Å². The standard InChI is InChI=1S/C26H30N6O3/c33-24-21-15-19(25-30-23(31-35-25)18-9-8-12-27-17-18)16-22(21)32(14-7-2-1-6-13-28-24)26(34)29-20-10-4-3-5-11-20/h3-5,8-12,17,19,21-22H,1-2,6-7,13-16H2,(H,28,33)(H,29,34). The van der Waals surface area contributed by atoms with Crippen LogP contribution in [0.5, 0.6) is 0 Å². The van der Waals surface area contributed by atoms with Crippen molar-refractivity contribution in [1.82, 2.24) is 25.3 Å². The summed E-state index contributed by atoms with van der Waals surface area (Å²) in [4.78, 5) is 37.2. The summed E-state index contributed by atoms with van der Waals surface area (Å²) in [6, 6.07) is 12.7. The van der Waals surface area contributed by atoms with Gasteiger partial charge in [-0.1, -0.05) is 36.2 Å². The number of anilines is 1. The van der Waals surface area contributed by atoms with Gasteiger partial charge in [-0.15, -0.1) is 0 Å². The van der Waals surface area contributed by atoms with E-state index in [-0.39, 0.29) is 29.8 Å². The van der Waals surface area contributed by atoms with Gasteiger partial charge in [-0.3, -0.25) is 9.78 Å². The molecule has 1 saturated heterocycles. The van der Waals surface area contributed by atoms with E-state index in [2.05, 4.69) is 25.8 Å². The summed E-state index contributed by atoms with van der Waals surface area (Å²) in [6.45, 7) is 1.26. The molecule has 1 aliphatic heterocycles. The number of aromatic nitrogens is 3. The molecule has 3 aromatic rings. The van der Waals surface area contributed by atoms with E-state index in [9.17, 15) is 9.59 Å². The maximum Gasteiger partial charge on any atom is 0.322 e. The third-order valence-corrected chi connectivity index (χ3v) is 6.89. The van der Waals surface area contributed by atoms with Crippen LogP contribution < -0.4 is 10.6 Å². The van der Waals surface area contributed by atoms with E-state index in [1.54, 1.807) is 12.4 Å². The molecule has 1 saturated carbocycles. The topological polar surface area (TPSA) is 113 Å². The Labute approximate surface area is 204 Å². The number of para-hydroxylation sites is 1. The fourth-order valence-corrected chi connectivity index (χ4v) is 5.09. The molecule has 0 spiro atoms. The maximum absolute atomic E-state index is 13.4. The zero-order valence-corrected chi connectivity index (χ0v) is 19.6.